The van der Waals surface area contributed by atoms with Crippen LogP contribution < -0.4 is 5.73 Å². The highest BCUT2D eigenvalue weighted by molar-refractivity contribution is 5.32. The highest BCUT2D eigenvalue weighted by Gasteiger charge is 2.20. The second kappa shape index (κ2) is 3.15. The number of aryl methyl sites for hydroxylation is 1. The van der Waals surface area contributed by atoms with Crippen LogP contribution in [0.15, 0.2) is 18.2 Å². The summed E-state index contributed by atoms with van der Waals surface area (Å²) in [7, 11) is 0. The Kier molecular flexibility index (Phi) is 2.35. The molecule has 0 saturated carbocycles. The molecule has 0 radical (unpaired) electrons. The first-order valence-corrected chi connectivity index (χ1v) is 3.94. The molecular formula is C10H11FN2. The summed E-state index contributed by atoms with van der Waals surface area (Å²) in [5, 5.41) is 8.71. The van der Waals surface area contributed by atoms with Crippen molar-refractivity contribution < 1.29 is 4.39 Å². The molecular weight excluding hydrogens is 167 g/mol. The topological polar surface area (TPSA) is 49.8 Å². The SMILES string of the molecule is Cc1ccc([C@](C)(N)C#N)cc1F. The molecule has 2 nitrogen and oxygen atoms in total. The third kappa shape index (κ3) is 1.85. The second-order valence-corrected chi connectivity index (χ2v) is 3.28. The van der Waals surface area contributed by atoms with Crippen molar-refractivity contribution in [3.8, 4) is 6.07 Å². The molecule has 2 N–H and O–H groups in total. The summed E-state index contributed by atoms with van der Waals surface area (Å²) in [6.07, 6.45) is 0. The van der Waals surface area contributed by atoms with E-state index in [1.807, 2.05) is 6.07 Å². The first-order valence-electron chi connectivity index (χ1n) is 3.94. The summed E-state index contributed by atoms with van der Waals surface area (Å²) in [4.78, 5) is 0. The van der Waals surface area contributed by atoms with Gasteiger partial charge in [-0.15, -0.1) is 0 Å². The van der Waals surface area contributed by atoms with Gasteiger partial charge in [0.2, 0.25) is 0 Å². The van der Waals surface area contributed by atoms with E-state index in [0.717, 1.165) is 0 Å². The van der Waals surface area contributed by atoms with Crippen molar-refractivity contribution in [2.24, 2.45) is 5.73 Å². The maximum Gasteiger partial charge on any atom is 0.127 e. The van der Waals surface area contributed by atoms with Crippen LogP contribution in [0.1, 0.15) is 18.1 Å². The summed E-state index contributed by atoms with van der Waals surface area (Å²) in [6, 6.07) is 6.51. The quantitative estimate of drug-likeness (QED) is 0.713. The Labute approximate surface area is 76.8 Å². The number of hydrogen-bond acceptors (Lipinski definition) is 2. The van der Waals surface area contributed by atoms with Crippen molar-refractivity contribution in [1.82, 2.24) is 0 Å². The fraction of sp³-hybridized carbons (Fsp3) is 0.300. The van der Waals surface area contributed by atoms with E-state index in [-0.39, 0.29) is 5.82 Å². The number of rotatable bonds is 1. The molecule has 1 rings (SSSR count). The highest BCUT2D eigenvalue weighted by atomic mass is 19.1. The molecule has 0 aliphatic rings. The van der Waals surface area contributed by atoms with Gasteiger partial charge >= 0.3 is 0 Å². The van der Waals surface area contributed by atoms with Crippen LogP contribution in [0.25, 0.3) is 0 Å². The number of nitrogens with two attached hydrogens (primary N) is 1. The first kappa shape index (κ1) is 9.69. The molecule has 1 aromatic carbocycles. The molecule has 0 bridgehead atoms. The van der Waals surface area contributed by atoms with E-state index in [4.69, 9.17) is 11.0 Å². The van der Waals surface area contributed by atoms with Crippen LogP contribution in [0.3, 0.4) is 0 Å². The van der Waals surface area contributed by atoms with Crippen molar-refractivity contribution in [2.45, 2.75) is 19.4 Å². The van der Waals surface area contributed by atoms with Crippen LogP contribution in [-0.2, 0) is 5.54 Å². The van der Waals surface area contributed by atoms with Gasteiger partial charge in [0.1, 0.15) is 11.4 Å². The third-order valence-electron chi connectivity index (χ3n) is 2.00. The van der Waals surface area contributed by atoms with E-state index in [9.17, 15) is 4.39 Å². The van der Waals surface area contributed by atoms with Gasteiger partial charge in [-0.1, -0.05) is 12.1 Å². The molecule has 0 heterocycles. The summed E-state index contributed by atoms with van der Waals surface area (Å²) >= 11 is 0. The third-order valence-corrected chi connectivity index (χ3v) is 2.00. The van der Waals surface area contributed by atoms with Crippen LogP contribution >= 0.6 is 0 Å². The highest BCUT2D eigenvalue weighted by Crippen LogP contribution is 2.19. The molecule has 13 heavy (non-hydrogen) atoms. The average Bonchev–Trinajstić information content (AvgIpc) is 2.09. The minimum atomic E-state index is -1.12. The van der Waals surface area contributed by atoms with Crippen molar-refractivity contribution in [1.29, 1.82) is 5.26 Å². The Hall–Kier alpha value is -1.40. The van der Waals surface area contributed by atoms with Crippen molar-refractivity contribution in [3.63, 3.8) is 0 Å². The maximum absolute atomic E-state index is 13.1. The minimum absolute atomic E-state index is 0.329. The van der Waals surface area contributed by atoms with E-state index < -0.39 is 5.54 Å². The van der Waals surface area contributed by atoms with Crippen LogP contribution in [0.4, 0.5) is 4.39 Å². The Morgan fingerprint density at radius 3 is 2.62 bits per heavy atom. The van der Waals surface area contributed by atoms with Gasteiger partial charge in [0, 0.05) is 0 Å². The van der Waals surface area contributed by atoms with Crippen LogP contribution in [0.5, 0.6) is 0 Å². The standard InChI is InChI=1S/C10H11FN2/c1-7-3-4-8(5-9(7)11)10(2,13)6-12/h3-5H,13H2,1-2H3/t10-/m1/s1. The minimum Gasteiger partial charge on any atom is -0.310 e. The van der Waals surface area contributed by atoms with E-state index in [0.29, 0.717) is 11.1 Å². The second-order valence-electron chi connectivity index (χ2n) is 3.28. The van der Waals surface area contributed by atoms with Gasteiger partial charge in [0.05, 0.1) is 6.07 Å². The molecule has 0 aromatic heterocycles. The number of nitriles is 1. The average molecular weight is 178 g/mol. The lowest BCUT2D eigenvalue weighted by Crippen LogP contribution is -2.30. The normalized spacial score (nSPS) is 14.7. The van der Waals surface area contributed by atoms with Crippen LogP contribution in [0.2, 0.25) is 0 Å². The van der Waals surface area contributed by atoms with Gasteiger partial charge in [0.15, 0.2) is 0 Å². The molecule has 0 unspecified atom stereocenters. The molecule has 68 valence electrons. The Balaban J connectivity index is 3.20. The number of benzene rings is 1. The van der Waals surface area contributed by atoms with E-state index >= 15 is 0 Å². The molecule has 0 aliphatic carbocycles. The fourth-order valence-electron chi connectivity index (χ4n) is 0.980. The summed E-state index contributed by atoms with van der Waals surface area (Å²) in [6.45, 7) is 3.22. The lowest BCUT2D eigenvalue weighted by atomic mass is 9.94. The van der Waals surface area contributed by atoms with Crippen molar-refractivity contribution >= 4 is 0 Å². The summed E-state index contributed by atoms with van der Waals surface area (Å²) in [5.74, 6) is -0.329. The fourth-order valence-corrected chi connectivity index (χ4v) is 0.980. The van der Waals surface area contributed by atoms with Crippen LogP contribution in [0, 0.1) is 24.1 Å². The molecule has 1 aromatic rings. The molecule has 1 atom stereocenters. The number of nitrogens with zero attached hydrogens (tertiary/aromatic N) is 1. The molecule has 0 amide bonds. The summed E-state index contributed by atoms with van der Waals surface area (Å²) in [5.41, 5.74) is 5.56. The van der Waals surface area contributed by atoms with Gasteiger partial charge < -0.3 is 5.73 Å². The van der Waals surface area contributed by atoms with Gasteiger partial charge in [-0.3, -0.25) is 0 Å². The smallest absolute Gasteiger partial charge is 0.127 e. The van der Waals surface area contributed by atoms with Gasteiger partial charge in [-0.05, 0) is 31.0 Å². The zero-order valence-corrected chi connectivity index (χ0v) is 7.63. The van der Waals surface area contributed by atoms with Crippen LogP contribution in [-0.4, -0.2) is 0 Å². The first-order chi connectivity index (χ1) is 5.97. The zero-order valence-electron chi connectivity index (χ0n) is 7.63. The monoisotopic (exact) mass is 178 g/mol. The van der Waals surface area contributed by atoms with E-state index in [1.165, 1.54) is 6.07 Å². The number of halogens is 1. The molecule has 0 saturated heterocycles. The predicted molar refractivity (Wildman–Crippen MR) is 48.3 cm³/mol. The molecule has 0 aliphatic heterocycles. The van der Waals surface area contributed by atoms with Crippen molar-refractivity contribution in [3.05, 3.63) is 35.1 Å². The molecule has 0 spiro atoms. The Morgan fingerprint density at radius 1 is 1.54 bits per heavy atom. The van der Waals surface area contributed by atoms with Gasteiger partial charge in [-0.25, -0.2) is 4.39 Å². The lowest BCUT2D eigenvalue weighted by Gasteiger charge is -2.15. The molecule has 3 heteroatoms. The molecule has 0 fully saturated rings. The van der Waals surface area contributed by atoms with Crippen molar-refractivity contribution in [2.75, 3.05) is 0 Å². The predicted octanol–water partition coefficient (Wildman–Crippen LogP) is 1.83. The number of hydrogen-bond donors (Lipinski definition) is 1. The van der Waals surface area contributed by atoms with Gasteiger partial charge in [-0.2, -0.15) is 5.26 Å². The van der Waals surface area contributed by atoms with Gasteiger partial charge in [0.25, 0.3) is 0 Å². The Bertz CT molecular complexity index is 364. The maximum atomic E-state index is 13.1. The van der Waals surface area contributed by atoms with E-state index in [1.54, 1.807) is 26.0 Å². The Morgan fingerprint density at radius 2 is 2.15 bits per heavy atom. The van der Waals surface area contributed by atoms with E-state index in [2.05, 4.69) is 0 Å². The summed E-state index contributed by atoms with van der Waals surface area (Å²) < 4.78 is 13.1. The lowest BCUT2D eigenvalue weighted by molar-refractivity contribution is 0.596. The largest absolute Gasteiger partial charge is 0.310 e. The zero-order chi connectivity index (χ0) is 10.1.